The minimum atomic E-state index is -0.298. The Kier molecular flexibility index (Phi) is 7.42. The van der Waals surface area contributed by atoms with E-state index in [-0.39, 0.29) is 17.8 Å². The van der Waals surface area contributed by atoms with Crippen LogP contribution in [0.25, 0.3) is 0 Å². The van der Waals surface area contributed by atoms with Gasteiger partial charge in [-0.15, -0.1) is 0 Å². The summed E-state index contributed by atoms with van der Waals surface area (Å²) in [5, 5.41) is 18.8. The van der Waals surface area contributed by atoms with Gasteiger partial charge in [0.1, 0.15) is 11.5 Å². The quantitative estimate of drug-likeness (QED) is 0.370. The normalized spacial score (nSPS) is 11.6. The summed E-state index contributed by atoms with van der Waals surface area (Å²) in [6, 6.07) is 7.92. The average molecular weight is 602 g/mol. The molecule has 0 spiro atoms. The number of aromatic hydroxyl groups is 1. The molecule has 0 aliphatic heterocycles. The molecule has 0 atom stereocenters. The second-order valence-corrected chi connectivity index (χ2v) is 9.53. The van der Waals surface area contributed by atoms with Crippen molar-refractivity contribution in [1.82, 2.24) is 0 Å². The van der Waals surface area contributed by atoms with E-state index in [1.807, 2.05) is 24.3 Å². The Hall–Kier alpha value is -0.0800. The fourth-order valence-electron chi connectivity index (χ4n) is 2.39. The number of hydrogen-bond acceptors (Lipinski definition) is 3. The molecule has 0 aromatic heterocycles. The zero-order chi connectivity index (χ0) is 18.8. The number of aliphatic hydroxyl groups excluding tert-OH is 1. The number of hydrogen-bond donors (Lipinski definition) is 2. The Balaban J connectivity index is 2.43. The van der Waals surface area contributed by atoms with Crippen molar-refractivity contribution in [3.63, 3.8) is 0 Å². The minimum absolute atomic E-state index is 0.102. The van der Waals surface area contributed by atoms with E-state index in [9.17, 15) is 5.11 Å². The Bertz CT molecular complexity index is 729. The molecule has 0 aliphatic carbocycles. The largest absolute Gasteiger partial charge is 0.506 e. The summed E-state index contributed by atoms with van der Waals surface area (Å²) in [7, 11) is 0. The van der Waals surface area contributed by atoms with Crippen LogP contribution in [0.15, 0.2) is 42.2 Å². The molecule has 0 aliphatic rings. The summed E-state index contributed by atoms with van der Waals surface area (Å²) >= 11 is 14.0. The standard InChI is InChI=1S/C18H18Br4O3/c1-18(2,10-6-12(19)16(24)13(20)7-10)11-8-14(21)17(15(22)9-11)25-5-3-4-23/h6-9,23-24H,3-5H2,1-2H3. The lowest BCUT2D eigenvalue weighted by molar-refractivity contribution is 0.232. The number of rotatable bonds is 6. The first kappa shape index (κ1) is 21.2. The molecular formula is C18H18Br4O3. The second-order valence-electron chi connectivity index (χ2n) is 6.11. The highest BCUT2D eigenvalue weighted by atomic mass is 79.9. The fourth-order valence-corrected chi connectivity index (χ4v) is 4.99. The van der Waals surface area contributed by atoms with Gasteiger partial charge in [-0.1, -0.05) is 13.8 Å². The minimum Gasteiger partial charge on any atom is -0.506 e. The number of aliphatic hydroxyl groups is 1. The number of benzene rings is 2. The van der Waals surface area contributed by atoms with Crippen LogP contribution in [0.5, 0.6) is 11.5 Å². The molecule has 0 heterocycles. The van der Waals surface area contributed by atoms with Gasteiger partial charge in [0.25, 0.3) is 0 Å². The maximum Gasteiger partial charge on any atom is 0.147 e. The van der Waals surface area contributed by atoms with Crippen LogP contribution in [0.3, 0.4) is 0 Å². The predicted octanol–water partition coefficient (Wildman–Crippen LogP) is 6.53. The van der Waals surface area contributed by atoms with Crippen molar-refractivity contribution >= 4 is 63.7 Å². The maximum absolute atomic E-state index is 9.95. The third-order valence-corrected chi connectivity index (χ3v) is 6.39. The lowest BCUT2D eigenvalue weighted by Crippen LogP contribution is -2.19. The van der Waals surface area contributed by atoms with Gasteiger partial charge in [0, 0.05) is 18.4 Å². The molecule has 3 nitrogen and oxygen atoms in total. The highest BCUT2D eigenvalue weighted by molar-refractivity contribution is 9.11. The zero-order valence-electron chi connectivity index (χ0n) is 13.7. The first-order valence-corrected chi connectivity index (χ1v) is 10.8. The summed E-state index contributed by atoms with van der Waals surface area (Å²) in [6.45, 7) is 4.80. The summed E-state index contributed by atoms with van der Waals surface area (Å²) in [5.74, 6) is 0.913. The van der Waals surface area contributed by atoms with Gasteiger partial charge in [0.2, 0.25) is 0 Å². The molecule has 0 unspecified atom stereocenters. The first-order valence-electron chi connectivity index (χ1n) is 7.60. The molecule has 2 rings (SSSR count). The van der Waals surface area contributed by atoms with Crippen molar-refractivity contribution in [3.05, 3.63) is 53.3 Å². The topological polar surface area (TPSA) is 49.7 Å². The molecule has 136 valence electrons. The van der Waals surface area contributed by atoms with Crippen molar-refractivity contribution in [1.29, 1.82) is 0 Å². The lowest BCUT2D eigenvalue weighted by Gasteiger charge is -2.28. The van der Waals surface area contributed by atoms with Crippen LogP contribution in [0.2, 0.25) is 0 Å². The molecular weight excluding hydrogens is 584 g/mol. The van der Waals surface area contributed by atoms with Crippen LogP contribution >= 0.6 is 63.7 Å². The van der Waals surface area contributed by atoms with E-state index in [1.165, 1.54) is 0 Å². The smallest absolute Gasteiger partial charge is 0.147 e. The Morgan fingerprint density at radius 1 is 0.880 bits per heavy atom. The molecule has 25 heavy (non-hydrogen) atoms. The molecule has 0 bridgehead atoms. The Labute approximate surface area is 181 Å². The zero-order valence-corrected chi connectivity index (χ0v) is 20.1. The number of phenols is 1. The molecule has 2 N–H and O–H groups in total. The molecule has 0 fully saturated rings. The van der Waals surface area contributed by atoms with Gasteiger partial charge in [-0.05, 0) is 99.1 Å². The third kappa shape index (κ3) is 4.80. The monoisotopic (exact) mass is 598 g/mol. The van der Waals surface area contributed by atoms with E-state index in [1.54, 1.807) is 0 Å². The van der Waals surface area contributed by atoms with E-state index in [4.69, 9.17) is 9.84 Å². The maximum atomic E-state index is 9.95. The van der Waals surface area contributed by atoms with Gasteiger partial charge in [0.15, 0.2) is 0 Å². The summed E-state index contributed by atoms with van der Waals surface area (Å²) < 4.78 is 8.72. The van der Waals surface area contributed by atoms with Crippen molar-refractivity contribution in [2.75, 3.05) is 13.2 Å². The van der Waals surface area contributed by atoms with Crippen molar-refractivity contribution in [2.24, 2.45) is 0 Å². The van der Waals surface area contributed by atoms with Crippen molar-refractivity contribution in [2.45, 2.75) is 25.7 Å². The number of ether oxygens (including phenoxy) is 1. The Morgan fingerprint density at radius 3 is 1.76 bits per heavy atom. The Morgan fingerprint density at radius 2 is 1.32 bits per heavy atom. The van der Waals surface area contributed by atoms with Crippen LogP contribution in [-0.4, -0.2) is 23.4 Å². The molecule has 7 heteroatoms. The fraction of sp³-hybridized carbons (Fsp3) is 0.333. The molecule has 2 aromatic rings. The van der Waals surface area contributed by atoms with Crippen LogP contribution in [0, 0.1) is 0 Å². The predicted molar refractivity (Wildman–Crippen MR) is 115 cm³/mol. The van der Waals surface area contributed by atoms with Crippen LogP contribution in [0.1, 0.15) is 31.4 Å². The number of halogens is 4. The molecule has 0 radical (unpaired) electrons. The van der Waals surface area contributed by atoms with Crippen LogP contribution in [0.4, 0.5) is 0 Å². The molecule has 0 saturated carbocycles. The molecule has 2 aromatic carbocycles. The second kappa shape index (κ2) is 8.74. The van der Waals surface area contributed by atoms with Gasteiger partial charge < -0.3 is 14.9 Å². The van der Waals surface area contributed by atoms with Gasteiger partial charge in [-0.3, -0.25) is 0 Å². The number of phenolic OH excluding ortho intramolecular Hbond substituents is 1. The van der Waals surface area contributed by atoms with E-state index >= 15 is 0 Å². The van der Waals surface area contributed by atoms with Gasteiger partial charge >= 0.3 is 0 Å². The van der Waals surface area contributed by atoms with E-state index < -0.39 is 0 Å². The van der Waals surface area contributed by atoms with Crippen molar-refractivity contribution in [3.8, 4) is 11.5 Å². The molecule has 0 saturated heterocycles. The van der Waals surface area contributed by atoms with E-state index in [2.05, 4.69) is 77.6 Å². The SMILES string of the molecule is CC(C)(c1cc(Br)c(O)c(Br)c1)c1cc(Br)c(OCCCO)c(Br)c1. The van der Waals surface area contributed by atoms with Crippen LogP contribution < -0.4 is 4.74 Å². The van der Waals surface area contributed by atoms with Gasteiger partial charge in [-0.2, -0.15) is 0 Å². The average Bonchev–Trinajstić information content (AvgIpc) is 2.54. The summed E-state index contributed by atoms with van der Waals surface area (Å²) in [6.07, 6.45) is 0.585. The van der Waals surface area contributed by atoms with Crippen molar-refractivity contribution < 1.29 is 14.9 Å². The van der Waals surface area contributed by atoms with Gasteiger partial charge in [0.05, 0.1) is 24.5 Å². The summed E-state index contributed by atoms with van der Waals surface area (Å²) in [5.41, 5.74) is 1.84. The highest BCUT2D eigenvalue weighted by Crippen LogP contribution is 2.43. The lowest BCUT2D eigenvalue weighted by atomic mass is 9.78. The van der Waals surface area contributed by atoms with E-state index in [0.29, 0.717) is 22.0 Å². The third-order valence-electron chi connectivity index (χ3n) is 4.01. The van der Waals surface area contributed by atoms with Crippen LogP contribution in [-0.2, 0) is 5.41 Å². The first-order chi connectivity index (χ1) is 11.7. The molecule has 0 amide bonds. The van der Waals surface area contributed by atoms with Gasteiger partial charge in [-0.25, -0.2) is 0 Å². The highest BCUT2D eigenvalue weighted by Gasteiger charge is 2.27. The van der Waals surface area contributed by atoms with E-state index in [0.717, 1.165) is 25.8 Å². The summed E-state index contributed by atoms with van der Waals surface area (Å²) in [4.78, 5) is 0.